The third-order valence-electron chi connectivity index (χ3n) is 9.20. The van der Waals surface area contributed by atoms with E-state index in [1.54, 1.807) is 30.3 Å². The number of halogens is 2. The summed E-state index contributed by atoms with van der Waals surface area (Å²) in [6, 6.07) is 8.50. The molecule has 3 nitrogen and oxygen atoms in total. The van der Waals surface area contributed by atoms with Crippen molar-refractivity contribution in [2.75, 3.05) is 37.6 Å². The molecule has 0 radical (unpaired) electrons. The molecule has 38 heavy (non-hydrogen) atoms. The number of benzene rings is 2. The van der Waals surface area contributed by atoms with Gasteiger partial charge in [-0.1, -0.05) is 43.9 Å². The number of aromatic hydroxyl groups is 1. The SMILES string of the molecule is C=C/C=C(\C=C/C)[C@H]1CCc2cc(O)ccc2[C@H]1c1cc(F)c(N2CCC3(CCN(CC)CC3)C2)c(F)c1. The average Bonchev–Trinajstić information content (AvgIpc) is 3.30. The molecular formula is C33H40F2N2O. The summed E-state index contributed by atoms with van der Waals surface area (Å²) in [5.41, 5.74) is 4.08. The number of allylic oxidation sites excluding steroid dienone is 5. The van der Waals surface area contributed by atoms with Crippen LogP contribution in [0.4, 0.5) is 14.5 Å². The first-order chi connectivity index (χ1) is 18.4. The van der Waals surface area contributed by atoms with Gasteiger partial charge in [-0.15, -0.1) is 0 Å². The molecule has 2 saturated heterocycles. The van der Waals surface area contributed by atoms with E-state index in [1.807, 2.05) is 30.0 Å². The second-order valence-corrected chi connectivity index (χ2v) is 11.3. The van der Waals surface area contributed by atoms with Gasteiger partial charge in [0.2, 0.25) is 0 Å². The zero-order valence-corrected chi connectivity index (χ0v) is 22.7. The van der Waals surface area contributed by atoms with Crippen LogP contribution >= 0.6 is 0 Å². The van der Waals surface area contributed by atoms with Crippen molar-refractivity contribution in [1.29, 1.82) is 0 Å². The molecule has 5 heteroatoms. The lowest BCUT2D eigenvalue weighted by atomic mass is 9.68. The third-order valence-corrected chi connectivity index (χ3v) is 9.20. The zero-order chi connectivity index (χ0) is 26.9. The van der Waals surface area contributed by atoms with Crippen molar-refractivity contribution in [3.63, 3.8) is 0 Å². The van der Waals surface area contributed by atoms with Crippen LogP contribution in [0.2, 0.25) is 0 Å². The molecule has 2 aliphatic heterocycles. The first-order valence-corrected chi connectivity index (χ1v) is 14.1. The molecule has 2 aromatic carbocycles. The number of hydrogen-bond acceptors (Lipinski definition) is 3. The molecule has 2 atom stereocenters. The summed E-state index contributed by atoms with van der Waals surface area (Å²) in [6.45, 7) is 12.7. The number of anilines is 1. The number of phenols is 1. The third kappa shape index (κ3) is 5.05. The van der Waals surface area contributed by atoms with E-state index in [0.717, 1.165) is 75.0 Å². The highest BCUT2D eigenvalue weighted by molar-refractivity contribution is 5.55. The predicted octanol–water partition coefficient (Wildman–Crippen LogP) is 7.37. The van der Waals surface area contributed by atoms with E-state index >= 15 is 8.78 Å². The molecule has 1 N–H and O–H groups in total. The van der Waals surface area contributed by atoms with E-state index in [4.69, 9.17) is 0 Å². The Morgan fingerprint density at radius 1 is 1.11 bits per heavy atom. The summed E-state index contributed by atoms with van der Waals surface area (Å²) < 4.78 is 31.8. The highest BCUT2D eigenvalue weighted by Crippen LogP contribution is 2.48. The van der Waals surface area contributed by atoms with Crippen LogP contribution in [0.5, 0.6) is 5.75 Å². The summed E-state index contributed by atoms with van der Waals surface area (Å²) in [6.07, 6.45) is 12.6. The van der Waals surface area contributed by atoms with Gasteiger partial charge < -0.3 is 14.9 Å². The number of likely N-dealkylation sites (tertiary alicyclic amines) is 1. The van der Waals surface area contributed by atoms with Crippen LogP contribution in [0.25, 0.3) is 0 Å². The summed E-state index contributed by atoms with van der Waals surface area (Å²) in [5.74, 6) is -0.912. The molecule has 5 rings (SSSR count). The van der Waals surface area contributed by atoms with E-state index < -0.39 is 11.6 Å². The standard InChI is InChI=1S/C33H40F2N2O/c1-4-7-23(8-5-2)27-11-9-24-19-26(38)10-12-28(24)31(27)25-20-29(34)32(30(35)21-25)37-18-15-33(22-37)13-16-36(6-3)17-14-33/h4-5,7-8,10,12,19-21,27,31,38H,1,6,9,11,13-18,22H2,2-3H3/b8-5-,23-7+/t27-,31+/m1/s1. The van der Waals surface area contributed by atoms with Crippen molar-refractivity contribution in [1.82, 2.24) is 4.90 Å². The van der Waals surface area contributed by atoms with Gasteiger partial charge in [0.1, 0.15) is 23.1 Å². The van der Waals surface area contributed by atoms with Crippen molar-refractivity contribution in [2.24, 2.45) is 11.3 Å². The van der Waals surface area contributed by atoms with E-state index in [-0.39, 0.29) is 28.7 Å². The number of piperidine rings is 1. The number of aryl methyl sites for hydroxylation is 1. The summed E-state index contributed by atoms with van der Waals surface area (Å²) in [5, 5.41) is 10.1. The van der Waals surface area contributed by atoms with Crippen LogP contribution in [0.15, 0.2) is 66.8 Å². The molecule has 2 fully saturated rings. The quantitative estimate of drug-likeness (QED) is 0.405. The highest BCUT2D eigenvalue weighted by Gasteiger charge is 2.42. The molecule has 1 aliphatic carbocycles. The van der Waals surface area contributed by atoms with Crippen LogP contribution in [0, 0.1) is 23.0 Å². The van der Waals surface area contributed by atoms with Gasteiger partial charge in [0, 0.05) is 19.0 Å². The van der Waals surface area contributed by atoms with Gasteiger partial charge in [-0.25, -0.2) is 8.78 Å². The van der Waals surface area contributed by atoms with E-state index in [2.05, 4.69) is 24.5 Å². The first-order valence-electron chi connectivity index (χ1n) is 14.1. The molecule has 0 amide bonds. The van der Waals surface area contributed by atoms with Gasteiger partial charge in [-0.2, -0.15) is 0 Å². The Hall–Kier alpha value is -2.92. The van der Waals surface area contributed by atoms with Crippen LogP contribution in [0.1, 0.15) is 62.1 Å². The van der Waals surface area contributed by atoms with Crippen LogP contribution < -0.4 is 4.90 Å². The maximum atomic E-state index is 15.9. The fourth-order valence-corrected chi connectivity index (χ4v) is 7.15. The van der Waals surface area contributed by atoms with Gasteiger partial charge in [0.05, 0.1) is 0 Å². The van der Waals surface area contributed by atoms with Gasteiger partial charge in [0.15, 0.2) is 0 Å². The lowest BCUT2D eigenvalue weighted by Crippen LogP contribution is -2.41. The monoisotopic (exact) mass is 518 g/mol. The van der Waals surface area contributed by atoms with E-state index in [1.165, 1.54) is 0 Å². The Morgan fingerprint density at radius 3 is 2.47 bits per heavy atom. The normalized spacial score (nSPS) is 23.8. The second-order valence-electron chi connectivity index (χ2n) is 11.3. The highest BCUT2D eigenvalue weighted by atomic mass is 19.1. The molecule has 2 aromatic rings. The van der Waals surface area contributed by atoms with Gasteiger partial charge >= 0.3 is 0 Å². The van der Waals surface area contributed by atoms with Crippen molar-refractivity contribution in [2.45, 2.75) is 51.9 Å². The molecular weight excluding hydrogens is 478 g/mol. The number of rotatable bonds is 6. The minimum atomic E-state index is -0.479. The largest absolute Gasteiger partial charge is 0.508 e. The van der Waals surface area contributed by atoms with Crippen molar-refractivity contribution < 1.29 is 13.9 Å². The first kappa shape index (κ1) is 26.7. The van der Waals surface area contributed by atoms with Crippen LogP contribution in [-0.4, -0.2) is 42.7 Å². The fourth-order valence-electron chi connectivity index (χ4n) is 7.15. The topological polar surface area (TPSA) is 26.7 Å². The van der Waals surface area contributed by atoms with Gasteiger partial charge in [0.25, 0.3) is 0 Å². The van der Waals surface area contributed by atoms with Crippen LogP contribution in [-0.2, 0) is 6.42 Å². The Bertz CT molecular complexity index is 1220. The number of fused-ring (bicyclic) bond motifs is 1. The molecule has 0 saturated carbocycles. The van der Waals surface area contributed by atoms with Crippen molar-refractivity contribution in [3.8, 4) is 5.75 Å². The number of phenolic OH excluding ortho intramolecular Hbond substituents is 1. The number of nitrogens with zero attached hydrogens (tertiary/aromatic N) is 2. The molecule has 0 unspecified atom stereocenters. The minimum Gasteiger partial charge on any atom is -0.508 e. The molecule has 2 heterocycles. The van der Waals surface area contributed by atoms with Crippen molar-refractivity contribution in [3.05, 3.63) is 95.1 Å². The molecule has 0 aromatic heterocycles. The molecule has 3 aliphatic rings. The summed E-state index contributed by atoms with van der Waals surface area (Å²) in [4.78, 5) is 4.41. The lowest BCUT2D eigenvalue weighted by molar-refractivity contribution is 0.125. The van der Waals surface area contributed by atoms with Crippen LogP contribution in [0.3, 0.4) is 0 Å². The Morgan fingerprint density at radius 2 is 1.82 bits per heavy atom. The maximum Gasteiger partial charge on any atom is 0.149 e. The summed E-state index contributed by atoms with van der Waals surface area (Å²) in [7, 11) is 0. The predicted molar refractivity (Wildman–Crippen MR) is 152 cm³/mol. The van der Waals surface area contributed by atoms with E-state index in [0.29, 0.717) is 12.1 Å². The number of hydrogen-bond donors (Lipinski definition) is 1. The van der Waals surface area contributed by atoms with Gasteiger partial charge in [-0.3, -0.25) is 0 Å². The molecule has 202 valence electrons. The lowest BCUT2D eigenvalue weighted by Gasteiger charge is -2.39. The maximum absolute atomic E-state index is 15.9. The minimum absolute atomic E-state index is 0.0460. The molecule has 0 bridgehead atoms. The summed E-state index contributed by atoms with van der Waals surface area (Å²) >= 11 is 0. The van der Waals surface area contributed by atoms with E-state index in [9.17, 15) is 5.11 Å². The van der Waals surface area contributed by atoms with Crippen molar-refractivity contribution >= 4 is 5.69 Å². The fraction of sp³-hybridized carbons (Fsp3) is 0.455. The molecule has 1 spiro atoms. The Kier molecular flexibility index (Phi) is 7.76. The average molecular weight is 519 g/mol. The second kappa shape index (κ2) is 11.1. The zero-order valence-electron chi connectivity index (χ0n) is 22.7. The smallest absolute Gasteiger partial charge is 0.149 e. The van der Waals surface area contributed by atoms with Gasteiger partial charge in [-0.05, 0) is 117 Å². The Labute approximate surface area is 226 Å². The Balaban J connectivity index is 1.50.